The first-order valence-corrected chi connectivity index (χ1v) is 11.0. The molecule has 1 saturated heterocycles. The number of amides is 2. The van der Waals surface area contributed by atoms with Crippen molar-refractivity contribution in [3.05, 3.63) is 71.8 Å². The molecule has 0 radical (unpaired) electrons. The van der Waals surface area contributed by atoms with Gasteiger partial charge in [-0.25, -0.2) is 0 Å². The zero-order chi connectivity index (χ0) is 23.5. The summed E-state index contributed by atoms with van der Waals surface area (Å²) in [6.45, 7) is 4.26. The summed E-state index contributed by atoms with van der Waals surface area (Å²) in [4.78, 5) is 28.6. The summed E-state index contributed by atoms with van der Waals surface area (Å²) in [6.07, 6.45) is 6.75. The number of piperazine rings is 1. The van der Waals surface area contributed by atoms with Crippen LogP contribution in [0, 0.1) is 0 Å². The van der Waals surface area contributed by atoms with Crippen LogP contribution in [-0.2, 0) is 9.59 Å². The van der Waals surface area contributed by atoms with Gasteiger partial charge in [-0.2, -0.15) is 0 Å². The molecule has 0 unspecified atom stereocenters. The Morgan fingerprint density at radius 1 is 0.818 bits per heavy atom. The van der Waals surface area contributed by atoms with E-state index in [0.29, 0.717) is 19.6 Å². The Morgan fingerprint density at radius 3 is 1.85 bits per heavy atom. The van der Waals surface area contributed by atoms with Gasteiger partial charge >= 0.3 is 0 Å². The Balaban J connectivity index is 1.34. The van der Waals surface area contributed by atoms with Crippen molar-refractivity contribution < 1.29 is 19.1 Å². The number of nitrogens with zero attached hydrogens (tertiary/aromatic N) is 2. The van der Waals surface area contributed by atoms with Crippen molar-refractivity contribution in [1.82, 2.24) is 15.1 Å². The van der Waals surface area contributed by atoms with Gasteiger partial charge < -0.3 is 19.7 Å². The molecular weight excluding hydrogens is 418 g/mol. The number of carbonyl (C=O) groups excluding carboxylic acids is 2. The van der Waals surface area contributed by atoms with Crippen LogP contribution in [0.15, 0.2) is 60.7 Å². The number of benzene rings is 2. The molecule has 1 fully saturated rings. The molecule has 0 bridgehead atoms. The van der Waals surface area contributed by atoms with Gasteiger partial charge in [-0.1, -0.05) is 24.3 Å². The first-order chi connectivity index (χ1) is 16.1. The third-order valence-corrected chi connectivity index (χ3v) is 5.49. The molecule has 1 aliphatic rings. The number of hydrogen-bond donors (Lipinski definition) is 1. The minimum atomic E-state index is -0.122. The number of carbonyl (C=O) groups is 2. The lowest BCUT2D eigenvalue weighted by atomic mass is 10.2. The number of methoxy groups -OCH3 is 2. The second kappa shape index (κ2) is 12.5. The van der Waals surface area contributed by atoms with Crippen LogP contribution in [-0.4, -0.2) is 75.1 Å². The van der Waals surface area contributed by atoms with Crippen LogP contribution >= 0.6 is 0 Å². The SMILES string of the molecule is COc1ccc(/C=C\C(=O)NCCN2CCN(C(=O)/C=C/c3ccc(OC)cc3)CC2)cc1. The molecule has 0 atom stereocenters. The maximum Gasteiger partial charge on any atom is 0.246 e. The van der Waals surface area contributed by atoms with Gasteiger partial charge in [0.25, 0.3) is 0 Å². The highest BCUT2D eigenvalue weighted by Gasteiger charge is 2.19. The molecule has 0 saturated carbocycles. The molecule has 0 spiro atoms. The van der Waals surface area contributed by atoms with E-state index >= 15 is 0 Å². The molecule has 2 amide bonds. The molecule has 174 valence electrons. The van der Waals surface area contributed by atoms with Crippen molar-refractivity contribution in [2.24, 2.45) is 0 Å². The first-order valence-electron chi connectivity index (χ1n) is 11.0. The lowest BCUT2D eigenvalue weighted by Crippen LogP contribution is -2.49. The Kier molecular flexibility index (Phi) is 9.08. The predicted octanol–water partition coefficient (Wildman–Crippen LogP) is 2.69. The molecule has 3 rings (SSSR count). The summed E-state index contributed by atoms with van der Waals surface area (Å²) in [5.41, 5.74) is 1.90. The third kappa shape index (κ3) is 7.80. The molecule has 1 N–H and O–H groups in total. The smallest absolute Gasteiger partial charge is 0.246 e. The predicted molar refractivity (Wildman–Crippen MR) is 130 cm³/mol. The van der Waals surface area contributed by atoms with E-state index in [9.17, 15) is 9.59 Å². The highest BCUT2D eigenvalue weighted by molar-refractivity contribution is 5.92. The molecule has 0 aromatic heterocycles. The van der Waals surface area contributed by atoms with E-state index in [1.807, 2.05) is 59.5 Å². The lowest BCUT2D eigenvalue weighted by molar-refractivity contribution is -0.127. The second-order valence-corrected chi connectivity index (χ2v) is 7.67. The van der Waals surface area contributed by atoms with Gasteiger partial charge in [0, 0.05) is 51.4 Å². The van der Waals surface area contributed by atoms with Crippen molar-refractivity contribution in [3.63, 3.8) is 0 Å². The largest absolute Gasteiger partial charge is 0.497 e. The zero-order valence-corrected chi connectivity index (χ0v) is 19.2. The molecule has 7 heteroatoms. The molecule has 2 aromatic carbocycles. The summed E-state index contributed by atoms with van der Waals surface area (Å²) in [6, 6.07) is 15.1. The van der Waals surface area contributed by atoms with Gasteiger partial charge in [-0.3, -0.25) is 14.5 Å². The number of nitrogens with one attached hydrogen (secondary N) is 1. The van der Waals surface area contributed by atoms with Crippen molar-refractivity contribution >= 4 is 24.0 Å². The summed E-state index contributed by atoms with van der Waals surface area (Å²) in [5.74, 6) is 1.47. The maximum atomic E-state index is 12.5. The minimum Gasteiger partial charge on any atom is -0.497 e. The second-order valence-electron chi connectivity index (χ2n) is 7.67. The quantitative estimate of drug-likeness (QED) is 0.596. The van der Waals surface area contributed by atoms with Crippen LogP contribution in [0.5, 0.6) is 11.5 Å². The monoisotopic (exact) mass is 449 g/mol. The van der Waals surface area contributed by atoms with Crippen LogP contribution in [0.1, 0.15) is 11.1 Å². The number of rotatable bonds is 9. The van der Waals surface area contributed by atoms with Crippen LogP contribution in [0.4, 0.5) is 0 Å². The van der Waals surface area contributed by atoms with Gasteiger partial charge in [0.15, 0.2) is 0 Å². The summed E-state index contributed by atoms with van der Waals surface area (Å²) >= 11 is 0. The van der Waals surface area contributed by atoms with Crippen LogP contribution in [0.25, 0.3) is 12.2 Å². The third-order valence-electron chi connectivity index (χ3n) is 5.49. The Hall–Kier alpha value is -3.58. The molecule has 0 aliphatic carbocycles. The van der Waals surface area contributed by atoms with E-state index in [1.54, 1.807) is 26.4 Å². The Labute approximate surface area is 195 Å². The van der Waals surface area contributed by atoms with Crippen LogP contribution in [0.2, 0.25) is 0 Å². The normalized spacial score (nSPS) is 14.5. The molecule has 2 aromatic rings. The van der Waals surface area contributed by atoms with Crippen LogP contribution in [0.3, 0.4) is 0 Å². The fraction of sp³-hybridized carbons (Fsp3) is 0.308. The van der Waals surface area contributed by atoms with E-state index in [-0.39, 0.29) is 11.8 Å². The number of ether oxygens (including phenoxy) is 2. The molecular formula is C26H31N3O4. The first kappa shape index (κ1) is 24.1. The van der Waals surface area contributed by atoms with E-state index in [4.69, 9.17) is 9.47 Å². The zero-order valence-electron chi connectivity index (χ0n) is 19.2. The maximum absolute atomic E-state index is 12.5. The lowest BCUT2D eigenvalue weighted by Gasteiger charge is -2.34. The van der Waals surface area contributed by atoms with Crippen molar-refractivity contribution in [2.75, 3.05) is 53.5 Å². The van der Waals surface area contributed by atoms with Crippen LogP contribution < -0.4 is 14.8 Å². The van der Waals surface area contributed by atoms with Crippen molar-refractivity contribution in [1.29, 1.82) is 0 Å². The minimum absolute atomic E-state index is 0.0161. The van der Waals surface area contributed by atoms with Crippen molar-refractivity contribution in [3.8, 4) is 11.5 Å². The fourth-order valence-corrected chi connectivity index (χ4v) is 3.46. The highest BCUT2D eigenvalue weighted by atomic mass is 16.5. The molecule has 33 heavy (non-hydrogen) atoms. The Bertz CT molecular complexity index is 957. The van der Waals surface area contributed by atoms with E-state index in [0.717, 1.165) is 42.3 Å². The van der Waals surface area contributed by atoms with Gasteiger partial charge in [0.2, 0.25) is 11.8 Å². The van der Waals surface area contributed by atoms with Gasteiger partial charge in [0.05, 0.1) is 14.2 Å². The van der Waals surface area contributed by atoms with Gasteiger partial charge in [-0.15, -0.1) is 0 Å². The van der Waals surface area contributed by atoms with Crippen molar-refractivity contribution in [2.45, 2.75) is 0 Å². The highest BCUT2D eigenvalue weighted by Crippen LogP contribution is 2.13. The van der Waals surface area contributed by atoms with E-state index in [1.165, 1.54) is 6.08 Å². The summed E-state index contributed by atoms with van der Waals surface area (Å²) < 4.78 is 10.3. The average molecular weight is 450 g/mol. The van der Waals surface area contributed by atoms with E-state index < -0.39 is 0 Å². The molecule has 7 nitrogen and oxygen atoms in total. The molecule has 1 aliphatic heterocycles. The standard InChI is InChI=1S/C26H31N3O4/c1-32-23-9-3-21(4-10-23)7-13-25(30)27-15-16-28-17-19-29(20-18-28)26(31)14-8-22-5-11-24(33-2)12-6-22/h3-14H,15-20H2,1-2H3,(H,27,30)/b13-7-,14-8+. The van der Waals surface area contributed by atoms with Gasteiger partial charge in [-0.05, 0) is 47.5 Å². The van der Waals surface area contributed by atoms with E-state index in [2.05, 4.69) is 10.2 Å². The molecule has 1 heterocycles. The average Bonchev–Trinajstić information content (AvgIpc) is 2.87. The Morgan fingerprint density at radius 2 is 1.33 bits per heavy atom. The summed E-state index contributed by atoms with van der Waals surface area (Å²) in [5, 5.41) is 2.91. The summed E-state index contributed by atoms with van der Waals surface area (Å²) in [7, 11) is 3.25. The topological polar surface area (TPSA) is 71.1 Å². The number of hydrogen-bond acceptors (Lipinski definition) is 5. The van der Waals surface area contributed by atoms with Gasteiger partial charge in [0.1, 0.15) is 11.5 Å². The fourth-order valence-electron chi connectivity index (χ4n) is 3.46.